The van der Waals surface area contributed by atoms with Gasteiger partial charge < -0.3 is 10.6 Å². The Kier molecular flexibility index (Phi) is 5.97. The van der Waals surface area contributed by atoms with Crippen LogP contribution in [0.5, 0.6) is 0 Å². The maximum absolute atomic E-state index is 12.5. The van der Waals surface area contributed by atoms with E-state index >= 15 is 0 Å². The number of halogens is 3. The number of anilines is 1. The molecule has 26 heavy (non-hydrogen) atoms. The van der Waals surface area contributed by atoms with Gasteiger partial charge in [-0.25, -0.2) is 0 Å². The lowest BCUT2D eigenvalue weighted by Crippen LogP contribution is -2.27. The molecule has 0 saturated heterocycles. The zero-order valence-electron chi connectivity index (χ0n) is 14.2. The Labute approximate surface area is 148 Å². The van der Waals surface area contributed by atoms with Crippen molar-refractivity contribution in [2.45, 2.75) is 20.0 Å². The Morgan fingerprint density at radius 3 is 2.31 bits per heavy atom. The monoisotopic (exact) mass is 365 g/mol. The van der Waals surface area contributed by atoms with Crippen LogP contribution in [0.1, 0.15) is 40.3 Å². The summed E-state index contributed by atoms with van der Waals surface area (Å²) in [7, 11) is 0. The van der Waals surface area contributed by atoms with Crippen LogP contribution in [0.25, 0.3) is 0 Å². The molecule has 0 aliphatic carbocycles. The number of pyridine rings is 1. The van der Waals surface area contributed by atoms with Gasteiger partial charge in [-0.05, 0) is 42.3 Å². The Morgan fingerprint density at radius 2 is 1.73 bits per heavy atom. The molecule has 2 rings (SSSR count). The average molecular weight is 365 g/mol. The van der Waals surface area contributed by atoms with Crippen molar-refractivity contribution in [2.24, 2.45) is 5.92 Å². The second-order valence-electron chi connectivity index (χ2n) is 6.06. The zero-order chi connectivity index (χ0) is 19.3. The highest BCUT2D eigenvalue weighted by molar-refractivity contribution is 6.04. The van der Waals surface area contributed by atoms with Crippen LogP contribution in [-0.2, 0) is 6.18 Å². The molecule has 138 valence electrons. The minimum atomic E-state index is -4.44. The van der Waals surface area contributed by atoms with Crippen molar-refractivity contribution in [3.8, 4) is 0 Å². The fraction of sp³-hybridized carbons (Fsp3) is 0.278. The number of nitrogens with zero attached hydrogens (tertiary/aromatic N) is 1. The summed E-state index contributed by atoms with van der Waals surface area (Å²) in [6.07, 6.45) is -3.12. The van der Waals surface area contributed by atoms with Crippen LogP contribution in [-0.4, -0.2) is 23.3 Å². The normalized spacial score (nSPS) is 11.3. The standard InChI is InChI=1S/C18H18F3N3O2/c1-11(2)10-23-16(25)12-7-8-22-15(9-12)17(26)24-14-5-3-13(4-6-14)18(19,20)21/h3-9,11H,10H2,1-2H3,(H,23,25)(H,24,26). The number of benzene rings is 1. The molecule has 0 atom stereocenters. The molecule has 0 bridgehead atoms. The van der Waals surface area contributed by atoms with E-state index in [9.17, 15) is 22.8 Å². The Balaban J connectivity index is 2.08. The molecular formula is C18H18F3N3O2. The van der Waals surface area contributed by atoms with Gasteiger partial charge in [0.2, 0.25) is 0 Å². The predicted molar refractivity (Wildman–Crippen MR) is 90.8 cm³/mol. The highest BCUT2D eigenvalue weighted by atomic mass is 19.4. The number of nitrogens with one attached hydrogen (secondary N) is 2. The van der Waals surface area contributed by atoms with Gasteiger partial charge in [0, 0.05) is 24.0 Å². The second-order valence-corrected chi connectivity index (χ2v) is 6.06. The summed E-state index contributed by atoms with van der Waals surface area (Å²) < 4.78 is 37.6. The molecule has 1 aromatic heterocycles. The Hall–Kier alpha value is -2.90. The summed E-state index contributed by atoms with van der Waals surface area (Å²) in [5.74, 6) is -0.670. The number of aromatic nitrogens is 1. The highest BCUT2D eigenvalue weighted by Crippen LogP contribution is 2.29. The lowest BCUT2D eigenvalue weighted by Gasteiger charge is -2.10. The van der Waals surface area contributed by atoms with Crippen molar-refractivity contribution in [2.75, 3.05) is 11.9 Å². The smallest absolute Gasteiger partial charge is 0.352 e. The van der Waals surface area contributed by atoms with E-state index in [4.69, 9.17) is 0 Å². The number of hydrogen-bond donors (Lipinski definition) is 2. The third-order valence-corrected chi connectivity index (χ3v) is 3.40. The first-order chi connectivity index (χ1) is 12.2. The molecule has 0 aliphatic rings. The minimum absolute atomic E-state index is 0.0119. The number of alkyl halides is 3. The van der Waals surface area contributed by atoms with Gasteiger partial charge in [0.05, 0.1) is 5.56 Å². The Bertz CT molecular complexity index is 787. The lowest BCUT2D eigenvalue weighted by atomic mass is 10.1. The van der Waals surface area contributed by atoms with Gasteiger partial charge in [0.15, 0.2) is 0 Å². The molecule has 2 aromatic rings. The van der Waals surface area contributed by atoms with Crippen molar-refractivity contribution in [1.82, 2.24) is 10.3 Å². The van der Waals surface area contributed by atoms with Gasteiger partial charge in [-0.1, -0.05) is 13.8 Å². The van der Waals surface area contributed by atoms with Gasteiger partial charge in [-0.15, -0.1) is 0 Å². The van der Waals surface area contributed by atoms with Crippen LogP contribution in [0.2, 0.25) is 0 Å². The largest absolute Gasteiger partial charge is 0.416 e. The molecule has 0 spiro atoms. The van der Waals surface area contributed by atoms with Crippen LogP contribution in [0.4, 0.5) is 18.9 Å². The average Bonchev–Trinajstić information content (AvgIpc) is 2.59. The van der Waals surface area contributed by atoms with E-state index in [1.165, 1.54) is 18.3 Å². The maximum Gasteiger partial charge on any atom is 0.416 e. The quantitative estimate of drug-likeness (QED) is 0.848. The molecule has 0 saturated carbocycles. The van der Waals surface area contributed by atoms with Gasteiger partial charge >= 0.3 is 6.18 Å². The Morgan fingerprint density at radius 1 is 1.08 bits per heavy atom. The van der Waals surface area contributed by atoms with Gasteiger partial charge in [0.25, 0.3) is 11.8 Å². The molecule has 2 amide bonds. The van der Waals surface area contributed by atoms with E-state index in [0.29, 0.717) is 6.54 Å². The van der Waals surface area contributed by atoms with Crippen molar-refractivity contribution in [3.63, 3.8) is 0 Å². The third-order valence-electron chi connectivity index (χ3n) is 3.40. The van der Waals surface area contributed by atoms with Gasteiger partial charge in [-0.2, -0.15) is 13.2 Å². The summed E-state index contributed by atoms with van der Waals surface area (Å²) in [5.41, 5.74) is -0.350. The molecule has 0 unspecified atom stereocenters. The summed E-state index contributed by atoms with van der Waals surface area (Å²) >= 11 is 0. The summed E-state index contributed by atoms with van der Waals surface area (Å²) in [6.45, 7) is 4.40. The van der Waals surface area contributed by atoms with E-state index in [-0.39, 0.29) is 28.8 Å². The van der Waals surface area contributed by atoms with E-state index < -0.39 is 17.6 Å². The van der Waals surface area contributed by atoms with Crippen LogP contribution in [0.15, 0.2) is 42.6 Å². The molecule has 0 fully saturated rings. The molecule has 1 aromatic carbocycles. The number of hydrogen-bond acceptors (Lipinski definition) is 3. The fourth-order valence-electron chi connectivity index (χ4n) is 2.03. The van der Waals surface area contributed by atoms with Crippen molar-refractivity contribution >= 4 is 17.5 Å². The first-order valence-corrected chi connectivity index (χ1v) is 7.89. The number of rotatable bonds is 5. The van der Waals surface area contributed by atoms with E-state index in [1.54, 1.807) is 0 Å². The van der Waals surface area contributed by atoms with Crippen LogP contribution >= 0.6 is 0 Å². The topological polar surface area (TPSA) is 71.1 Å². The third kappa shape index (κ3) is 5.30. The zero-order valence-corrected chi connectivity index (χ0v) is 14.2. The van der Waals surface area contributed by atoms with Gasteiger partial charge in [-0.3, -0.25) is 14.6 Å². The number of amides is 2. The molecule has 1 heterocycles. The molecule has 0 aliphatic heterocycles. The first kappa shape index (κ1) is 19.4. The van der Waals surface area contributed by atoms with Crippen molar-refractivity contribution in [3.05, 3.63) is 59.4 Å². The minimum Gasteiger partial charge on any atom is -0.352 e. The molecule has 5 nitrogen and oxygen atoms in total. The van der Waals surface area contributed by atoms with Crippen LogP contribution in [0, 0.1) is 5.92 Å². The molecule has 8 heteroatoms. The fourth-order valence-corrected chi connectivity index (χ4v) is 2.03. The van der Waals surface area contributed by atoms with Crippen LogP contribution < -0.4 is 10.6 Å². The highest BCUT2D eigenvalue weighted by Gasteiger charge is 2.30. The van der Waals surface area contributed by atoms with E-state index in [2.05, 4.69) is 15.6 Å². The predicted octanol–water partition coefficient (Wildman–Crippen LogP) is 3.74. The molecular weight excluding hydrogens is 347 g/mol. The van der Waals surface area contributed by atoms with Crippen LogP contribution in [0.3, 0.4) is 0 Å². The summed E-state index contributed by atoms with van der Waals surface area (Å²) in [4.78, 5) is 28.1. The van der Waals surface area contributed by atoms with Crippen molar-refractivity contribution in [1.29, 1.82) is 0 Å². The SMILES string of the molecule is CC(C)CNC(=O)c1ccnc(C(=O)Nc2ccc(C(F)(F)F)cc2)c1. The number of carbonyl (C=O) groups is 2. The summed E-state index contributed by atoms with van der Waals surface area (Å²) in [6, 6.07) is 6.86. The maximum atomic E-state index is 12.5. The summed E-state index contributed by atoms with van der Waals surface area (Å²) in [5, 5.41) is 5.18. The van der Waals surface area contributed by atoms with Gasteiger partial charge in [0.1, 0.15) is 5.69 Å². The molecule has 0 radical (unpaired) electrons. The first-order valence-electron chi connectivity index (χ1n) is 7.89. The van der Waals surface area contributed by atoms with E-state index in [0.717, 1.165) is 24.3 Å². The van der Waals surface area contributed by atoms with E-state index in [1.807, 2.05) is 13.8 Å². The second kappa shape index (κ2) is 7.99. The number of carbonyl (C=O) groups excluding carboxylic acids is 2. The molecule has 2 N–H and O–H groups in total. The van der Waals surface area contributed by atoms with Crippen molar-refractivity contribution < 1.29 is 22.8 Å². The lowest BCUT2D eigenvalue weighted by molar-refractivity contribution is -0.137.